The molecular weight excluding hydrogens is 379 g/mol. The lowest BCUT2D eigenvalue weighted by molar-refractivity contribution is -0.123. The second-order valence-corrected chi connectivity index (χ2v) is 6.71. The summed E-state index contributed by atoms with van der Waals surface area (Å²) in [7, 11) is 0. The van der Waals surface area contributed by atoms with Crippen molar-refractivity contribution in [3.63, 3.8) is 0 Å². The number of urea groups is 1. The maximum atomic E-state index is 11.9. The van der Waals surface area contributed by atoms with Gasteiger partial charge in [-0.15, -0.1) is 0 Å². The van der Waals surface area contributed by atoms with Crippen LogP contribution in [0.1, 0.15) is 42.5 Å². The lowest BCUT2D eigenvalue weighted by atomic mass is 9.97. The fourth-order valence-electron chi connectivity index (χ4n) is 2.54. The molecule has 0 aliphatic heterocycles. The molecule has 0 fully saturated rings. The van der Waals surface area contributed by atoms with Gasteiger partial charge in [0.05, 0.1) is 10.6 Å². The minimum atomic E-state index is -0.794. The number of allylic oxidation sites excluding steroid dienone is 1. The molecule has 0 unspecified atom stereocenters. The smallest absolute Gasteiger partial charge is 0.340 e. The minimum absolute atomic E-state index is 0.0529. The molecule has 1 aliphatic rings. The zero-order valence-electron chi connectivity index (χ0n) is 14.1. The van der Waals surface area contributed by atoms with Gasteiger partial charge in [0.2, 0.25) is 0 Å². The van der Waals surface area contributed by atoms with Gasteiger partial charge in [0, 0.05) is 11.6 Å². The van der Waals surface area contributed by atoms with E-state index in [1.807, 2.05) is 0 Å². The Hall–Kier alpha value is -2.05. The predicted molar refractivity (Wildman–Crippen MR) is 99.5 cm³/mol. The standard InChI is InChI=1S/C18H20Cl2N2O4/c19-13-6-7-15(20)14(10-13)17(24)26-11-16(23)22-18(25)21-9-8-12-4-2-1-3-5-12/h4,6-7,10H,1-3,5,8-9,11H2,(H2,21,22,23,25). The van der Waals surface area contributed by atoms with E-state index in [4.69, 9.17) is 27.9 Å². The van der Waals surface area contributed by atoms with Crippen LogP contribution in [0.4, 0.5) is 4.79 Å². The lowest BCUT2D eigenvalue weighted by Crippen LogP contribution is -2.41. The van der Waals surface area contributed by atoms with Crippen molar-refractivity contribution >= 4 is 41.1 Å². The van der Waals surface area contributed by atoms with E-state index < -0.39 is 24.5 Å². The number of halogens is 2. The van der Waals surface area contributed by atoms with Gasteiger partial charge in [-0.3, -0.25) is 10.1 Å². The van der Waals surface area contributed by atoms with E-state index in [1.165, 1.54) is 36.6 Å². The van der Waals surface area contributed by atoms with E-state index in [1.54, 1.807) is 0 Å². The van der Waals surface area contributed by atoms with Crippen LogP contribution in [-0.2, 0) is 9.53 Å². The Bertz CT molecular complexity index is 719. The van der Waals surface area contributed by atoms with Crippen LogP contribution in [0.5, 0.6) is 0 Å². The number of ether oxygens (including phenoxy) is 1. The van der Waals surface area contributed by atoms with Gasteiger partial charge in [-0.1, -0.05) is 34.9 Å². The number of carbonyl (C=O) groups excluding carboxylic acids is 3. The Morgan fingerprint density at radius 1 is 1.15 bits per heavy atom. The topological polar surface area (TPSA) is 84.5 Å². The highest BCUT2D eigenvalue weighted by Gasteiger charge is 2.15. The Labute approximate surface area is 161 Å². The van der Waals surface area contributed by atoms with Crippen LogP contribution in [-0.4, -0.2) is 31.1 Å². The van der Waals surface area contributed by atoms with Crippen LogP contribution in [0.3, 0.4) is 0 Å². The van der Waals surface area contributed by atoms with Gasteiger partial charge in [0.1, 0.15) is 0 Å². The summed E-state index contributed by atoms with van der Waals surface area (Å²) in [6.07, 6.45) is 7.51. The Morgan fingerprint density at radius 2 is 1.96 bits per heavy atom. The first kappa shape index (κ1) is 20.3. The first-order valence-electron chi connectivity index (χ1n) is 8.33. The molecule has 140 valence electrons. The lowest BCUT2D eigenvalue weighted by Gasteiger charge is -2.13. The van der Waals surface area contributed by atoms with Crippen LogP contribution in [0.15, 0.2) is 29.8 Å². The third-order valence-electron chi connectivity index (χ3n) is 3.85. The molecule has 0 aromatic heterocycles. The number of amides is 3. The largest absolute Gasteiger partial charge is 0.452 e. The van der Waals surface area contributed by atoms with Gasteiger partial charge in [-0.05, 0) is 50.3 Å². The zero-order chi connectivity index (χ0) is 18.9. The highest BCUT2D eigenvalue weighted by molar-refractivity contribution is 6.35. The van der Waals surface area contributed by atoms with E-state index >= 15 is 0 Å². The molecule has 0 radical (unpaired) electrons. The van der Waals surface area contributed by atoms with Crippen molar-refractivity contribution in [1.82, 2.24) is 10.6 Å². The van der Waals surface area contributed by atoms with Gasteiger partial charge in [0.15, 0.2) is 6.61 Å². The summed E-state index contributed by atoms with van der Waals surface area (Å²) < 4.78 is 4.84. The van der Waals surface area contributed by atoms with Gasteiger partial charge in [-0.2, -0.15) is 0 Å². The summed E-state index contributed by atoms with van der Waals surface area (Å²) in [6, 6.07) is 3.71. The molecule has 0 saturated carbocycles. The Kier molecular flexibility index (Phi) is 7.94. The number of hydrogen-bond acceptors (Lipinski definition) is 4. The van der Waals surface area contributed by atoms with Crippen molar-refractivity contribution in [2.75, 3.05) is 13.2 Å². The molecule has 0 atom stereocenters. The van der Waals surface area contributed by atoms with Crippen molar-refractivity contribution in [1.29, 1.82) is 0 Å². The average molecular weight is 399 g/mol. The number of benzene rings is 1. The van der Waals surface area contributed by atoms with Gasteiger partial charge < -0.3 is 10.1 Å². The first-order valence-corrected chi connectivity index (χ1v) is 9.09. The second-order valence-electron chi connectivity index (χ2n) is 5.86. The van der Waals surface area contributed by atoms with Crippen molar-refractivity contribution in [2.24, 2.45) is 0 Å². The zero-order valence-corrected chi connectivity index (χ0v) is 15.7. The minimum Gasteiger partial charge on any atom is -0.452 e. The summed E-state index contributed by atoms with van der Waals surface area (Å²) >= 11 is 11.7. The maximum absolute atomic E-state index is 11.9. The monoisotopic (exact) mass is 398 g/mol. The fraction of sp³-hybridized carbons (Fsp3) is 0.389. The predicted octanol–water partition coefficient (Wildman–Crippen LogP) is 3.87. The number of carbonyl (C=O) groups is 3. The summed E-state index contributed by atoms with van der Waals surface area (Å²) in [6.45, 7) is -0.150. The van der Waals surface area contributed by atoms with E-state index in [9.17, 15) is 14.4 Å². The molecule has 3 amide bonds. The summed E-state index contributed by atoms with van der Waals surface area (Å²) in [5.41, 5.74) is 1.38. The summed E-state index contributed by atoms with van der Waals surface area (Å²) in [5, 5.41) is 5.19. The molecule has 0 spiro atoms. The van der Waals surface area contributed by atoms with Crippen molar-refractivity contribution in [3.05, 3.63) is 45.5 Å². The van der Waals surface area contributed by atoms with Crippen molar-refractivity contribution in [3.8, 4) is 0 Å². The Balaban J connectivity index is 1.69. The van der Waals surface area contributed by atoms with Gasteiger partial charge in [-0.25, -0.2) is 9.59 Å². The molecule has 1 aromatic carbocycles. The third kappa shape index (κ3) is 6.69. The molecule has 0 heterocycles. The molecular formula is C18H20Cl2N2O4. The van der Waals surface area contributed by atoms with Crippen LogP contribution >= 0.6 is 23.2 Å². The average Bonchev–Trinajstić information content (AvgIpc) is 2.62. The third-order valence-corrected chi connectivity index (χ3v) is 4.42. The molecule has 1 aromatic rings. The molecule has 8 heteroatoms. The van der Waals surface area contributed by atoms with Crippen LogP contribution < -0.4 is 10.6 Å². The highest BCUT2D eigenvalue weighted by atomic mass is 35.5. The molecule has 6 nitrogen and oxygen atoms in total. The molecule has 26 heavy (non-hydrogen) atoms. The quantitative estimate of drug-likeness (QED) is 0.562. The molecule has 1 aliphatic carbocycles. The van der Waals surface area contributed by atoms with Crippen LogP contribution in [0.25, 0.3) is 0 Å². The molecule has 0 bridgehead atoms. The molecule has 2 rings (SSSR count). The SMILES string of the molecule is O=C(COC(=O)c1cc(Cl)ccc1Cl)NC(=O)NCCC1=CCCCC1. The second kappa shape index (κ2) is 10.2. The van der Waals surface area contributed by atoms with E-state index in [0.29, 0.717) is 11.6 Å². The van der Waals surface area contributed by atoms with Crippen molar-refractivity contribution < 1.29 is 19.1 Å². The van der Waals surface area contributed by atoms with E-state index in [-0.39, 0.29) is 10.6 Å². The van der Waals surface area contributed by atoms with Crippen LogP contribution in [0.2, 0.25) is 10.0 Å². The Morgan fingerprint density at radius 3 is 2.69 bits per heavy atom. The first-order chi connectivity index (χ1) is 12.5. The molecule has 0 saturated heterocycles. The van der Waals surface area contributed by atoms with Gasteiger partial charge >= 0.3 is 12.0 Å². The van der Waals surface area contributed by atoms with Crippen LogP contribution in [0, 0.1) is 0 Å². The number of rotatable bonds is 6. The summed E-state index contributed by atoms with van der Waals surface area (Å²) in [4.78, 5) is 35.3. The highest BCUT2D eigenvalue weighted by Crippen LogP contribution is 2.21. The fourth-order valence-corrected chi connectivity index (χ4v) is 2.90. The number of esters is 1. The molecule has 2 N–H and O–H groups in total. The van der Waals surface area contributed by atoms with E-state index in [0.717, 1.165) is 19.3 Å². The number of hydrogen-bond donors (Lipinski definition) is 2. The van der Waals surface area contributed by atoms with E-state index in [2.05, 4.69) is 16.7 Å². The normalized spacial score (nSPS) is 13.5. The van der Waals surface area contributed by atoms with Gasteiger partial charge in [0.25, 0.3) is 5.91 Å². The number of nitrogens with one attached hydrogen (secondary N) is 2. The number of imide groups is 1. The van der Waals surface area contributed by atoms with Crippen molar-refractivity contribution in [2.45, 2.75) is 32.1 Å². The summed E-state index contributed by atoms with van der Waals surface area (Å²) in [5.74, 6) is -1.52. The maximum Gasteiger partial charge on any atom is 0.340 e.